The maximum atomic E-state index is 5.94. The minimum absolute atomic E-state index is 0.704. The number of halogens is 1. The van der Waals surface area contributed by atoms with E-state index in [4.69, 9.17) is 11.6 Å². The third-order valence-electron chi connectivity index (χ3n) is 4.71. The van der Waals surface area contributed by atoms with Gasteiger partial charge in [0.25, 0.3) is 0 Å². The highest BCUT2D eigenvalue weighted by atomic mass is 35.5. The predicted octanol–water partition coefficient (Wildman–Crippen LogP) is 4.07. The summed E-state index contributed by atoms with van der Waals surface area (Å²) in [5.41, 5.74) is 2.44. The first-order valence-corrected chi connectivity index (χ1v) is 9.52. The van der Waals surface area contributed by atoms with Crippen LogP contribution in [0.5, 0.6) is 0 Å². The summed E-state index contributed by atoms with van der Waals surface area (Å²) in [5.74, 6) is 1.62. The number of hydrogen-bond acceptors (Lipinski definition) is 5. The van der Waals surface area contributed by atoms with Crippen molar-refractivity contribution in [2.75, 3.05) is 41.3 Å². The van der Waals surface area contributed by atoms with Crippen molar-refractivity contribution in [3.8, 4) is 0 Å². The molecule has 1 saturated heterocycles. The number of nitrogens with zero attached hydrogens (tertiary/aromatic N) is 4. The molecule has 1 aliphatic rings. The fourth-order valence-corrected chi connectivity index (χ4v) is 3.32. The van der Waals surface area contributed by atoms with Gasteiger partial charge < -0.3 is 15.1 Å². The van der Waals surface area contributed by atoms with Crippen LogP contribution in [0.3, 0.4) is 0 Å². The minimum atomic E-state index is 0.704. The van der Waals surface area contributed by atoms with Crippen LogP contribution in [0.2, 0.25) is 5.02 Å². The normalized spacial score (nSPS) is 14.3. The first kappa shape index (κ1) is 17.6. The van der Waals surface area contributed by atoms with Crippen LogP contribution < -0.4 is 15.1 Å². The summed E-state index contributed by atoms with van der Waals surface area (Å²) in [4.78, 5) is 13.8. The lowest BCUT2D eigenvalue weighted by Gasteiger charge is -2.36. The van der Waals surface area contributed by atoms with E-state index in [1.54, 1.807) is 0 Å². The summed E-state index contributed by atoms with van der Waals surface area (Å²) in [6, 6.07) is 20.3. The molecule has 1 N–H and O–H groups in total. The Bertz CT molecular complexity index is 861. The molecule has 1 aliphatic heterocycles. The maximum absolute atomic E-state index is 5.94. The van der Waals surface area contributed by atoms with Gasteiger partial charge in [-0.05, 0) is 35.9 Å². The second-order valence-electron chi connectivity index (χ2n) is 6.53. The summed E-state index contributed by atoms with van der Waals surface area (Å²) in [7, 11) is 0. The van der Waals surface area contributed by atoms with Crippen LogP contribution in [0.4, 0.5) is 17.5 Å². The molecule has 0 spiro atoms. The highest BCUT2D eigenvalue weighted by Crippen LogP contribution is 2.19. The van der Waals surface area contributed by atoms with Crippen molar-refractivity contribution in [2.45, 2.75) is 6.54 Å². The summed E-state index contributed by atoms with van der Waals surface area (Å²) in [5, 5.41) is 4.11. The van der Waals surface area contributed by atoms with E-state index in [1.807, 2.05) is 36.5 Å². The number of aromatic nitrogens is 2. The number of piperazine rings is 1. The smallest absolute Gasteiger partial charge is 0.227 e. The van der Waals surface area contributed by atoms with Gasteiger partial charge in [-0.1, -0.05) is 41.9 Å². The first-order valence-electron chi connectivity index (χ1n) is 9.14. The molecule has 0 radical (unpaired) electrons. The number of hydrogen-bond donors (Lipinski definition) is 1. The molecule has 3 aromatic rings. The third-order valence-corrected chi connectivity index (χ3v) is 4.97. The summed E-state index contributed by atoms with van der Waals surface area (Å²) in [6.07, 6.45) is 1.82. The van der Waals surface area contributed by atoms with Gasteiger partial charge in [-0.3, -0.25) is 0 Å². The van der Waals surface area contributed by atoms with Crippen molar-refractivity contribution in [3.63, 3.8) is 0 Å². The fraction of sp³-hybridized carbons (Fsp3) is 0.238. The Hall–Kier alpha value is -2.79. The standard InChI is InChI=1S/C21H22ClN5/c22-18-8-6-17(7-9-18)16-24-20-10-11-23-21(25-20)27-14-12-26(13-15-27)19-4-2-1-3-5-19/h1-11H,12-16H2,(H,23,24,25). The maximum Gasteiger partial charge on any atom is 0.227 e. The molecule has 0 unspecified atom stereocenters. The van der Waals surface area contributed by atoms with Crippen LogP contribution in [0, 0.1) is 0 Å². The molecule has 1 fully saturated rings. The van der Waals surface area contributed by atoms with Crippen LogP contribution in [-0.2, 0) is 6.54 Å². The number of nitrogens with one attached hydrogen (secondary N) is 1. The van der Waals surface area contributed by atoms with E-state index in [0.29, 0.717) is 6.54 Å². The van der Waals surface area contributed by atoms with Gasteiger partial charge in [-0.15, -0.1) is 0 Å². The van der Waals surface area contributed by atoms with E-state index in [9.17, 15) is 0 Å². The van der Waals surface area contributed by atoms with Gasteiger partial charge in [-0.2, -0.15) is 4.98 Å². The van der Waals surface area contributed by atoms with Gasteiger partial charge in [0.15, 0.2) is 0 Å². The number of para-hydroxylation sites is 1. The topological polar surface area (TPSA) is 44.3 Å². The van der Waals surface area contributed by atoms with Crippen molar-refractivity contribution >= 4 is 29.1 Å². The molecule has 5 nitrogen and oxygen atoms in total. The van der Waals surface area contributed by atoms with Crippen LogP contribution in [0.1, 0.15) is 5.56 Å². The molecule has 1 aromatic heterocycles. The Balaban J connectivity index is 1.36. The van der Waals surface area contributed by atoms with E-state index in [-0.39, 0.29) is 0 Å². The molecule has 0 aliphatic carbocycles. The predicted molar refractivity (Wildman–Crippen MR) is 112 cm³/mol. The van der Waals surface area contributed by atoms with Crippen LogP contribution in [0.15, 0.2) is 66.9 Å². The van der Waals surface area contributed by atoms with Crippen molar-refractivity contribution in [1.82, 2.24) is 9.97 Å². The van der Waals surface area contributed by atoms with E-state index in [0.717, 1.165) is 48.5 Å². The summed E-state index contributed by atoms with van der Waals surface area (Å²) < 4.78 is 0. The molecule has 6 heteroatoms. The van der Waals surface area contributed by atoms with Crippen molar-refractivity contribution < 1.29 is 0 Å². The Labute approximate surface area is 164 Å². The lowest BCUT2D eigenvalue weighted by Crippen LogP contribution is -2.47. The molecular weight excluding hydrogens is 358 g/mol. The van der Waals surface area contributed by atoms with Gasteiger partial charge in [0, 0.05) is 49.6 Å². The van der Waals surface area contributed by atoms with Crippen molar-refractivity contribution in [3.05, 3.63) is 77.4 Å². The van der Waals surface area contributed by atoms with E-state index in [2.05, 4.69) is 55.4 Å². The number of benzene rings is 2. The highest BCUT2D eigenvalue weighted by Gasteiger charge is 2.19. The first-order chi connectivity index (χ1) is 13.3. The zero-order valence-electron chi connectivity index (χ0n) is 15.1. The van der Waals surface area contributed by atoms with Gasteiger partial charge in [0.2, 0.25) is 5.95 Å². The lowest BCUT2D eigenvalue weighted by atomic mass is 10.2. The molecule has 138 valence electrons. The number of anilines is 3. The van der Waals surface area contributed by atoms with E-state index in [1.165, 1.54) is 5.69 Å². The van der Waals surface area contributed by atoms with Gasteiger partial charge in [0.05, 0.1) is 0 Å². The average Bonchev–Trinajstić information content (AvgIpc) is 2.74. The zero-order valence-corrected chi connectivity index (χ0v) is 15.8. The molecule has 0 amide bonds. The SMILES string of the molecule is Clc1ccc(CNc2ccnc(N3CCN(c4ccccc4)CC3)n2)cc1. The Morgan fingerprint density at radius 2 is 1.56 bits per heavy atom. The second-order valence-corrected chi connectivity index (χ2v) is 6.97. The van der Waals surface area contributed by atoms with Crippen LogP contribution in [-0.4, -0.2) is 36.1 Å². The quantitative estimate of drug-likeness (QED) is 0.724. The van der Waals surface area contributed by atoms with Gasteiger partial charge in [0.1, 0.15) is 5.82 Å². The molecule has 4 rings (SSSR count). The summed E-state index contributed by atoms with van der Waals surface area (Å²) >= 11 is 5.94. The zero-order chi connectivity index (χ0) is 18.5. The summed E-state index contributed by atoms with van der Waals surface area (Å²) in [6.45, 7) is 4.46. The number of rotatable bonds is 5. The molecule has 27 heavy (non-hydrogen) atoms. The Morgan fingerprint density at radius 1 is 0.852 bits per heavy atom. The fourth-order valence-electron chi connectivity index (χ4n) is 3.20. The monoisotopic (exact) mass is 379 g/mol. The second kappa shape index (κ2) is 8.27. The minimum Gasteiger partial charge on any atom is -0.368 e. The average molecular weight is 380 g/mol. The Kier molecular flexibility index (Phi) is 5.39. The van der Waals surface area contributed by atoms with Gasteiger partial charge in [-0.25, -0.2) is 4.98 Å². The lowest BCUT2D eigenvalue weighted by molar-refractivity contribution is 0.640. The largest absolute Gasteiger partial charge is 0.368 e. The van der Waals surface area contributed by atoms with Crippen LogP contribution in [0.25, 0.3) is 0 Å². The molecular formula is C21H22ClN5. The molecule has 0 bridgehead atoms. The third kappa shape index (κ3) is 4.49. The van der Waals surface area contributed by atoms with Crippen molar-refractivity contribution in [2.24, 2.45) is 0 Å². The van der Waals surface area contributed by atoms with Gasteiger partial charge >= 0.3 is 0 Å². The van der Waals surface area contributed by atoms with E-state index < -0.39 is 0 Å². The molecule has 0 saturated carbocycles. The molecule has 2 aromatic carbocycles. The van der Waals surface area contributed by atoms with E-state index >= 15 is 0 Å². The van der Waals surface area contributed by atoms with Crippen LogP contribution >= 0.6 is 11.6 Å². The van der Waals surface area contributed by atoms with Crippen molar-refractivity contribution in [1.29, 1.82) is 0 Å². The molecule has 2 heterocycles. The highest BCUT2D eigenvalue weighted by molar-refractivity contribution is 6.30. The molecule has 0 atom stereocenters. The Morgan fingerprint density at radius 3 is 2.30 bits per heavy atom.